The van der Waals surface area contributed by atoms with Crippen LogP contribution < -0.4 is 5.32 Å². The Morgan fingerprint density at radius 1 is 1.37 bits per heavy atom. The fourth-order valence-electron chi connectivity index (χ4n) is 2.64. The third-order valence-corrected chi connectivity index (χ3v) is 4.02. The minimum atomic E-state index is -0.407. The molecule has 1 heterocycles. The molecule has 110 valence electrons. The van der Waals surface area contributed by atoms with Crippen LogP contribution in [0.1, 0.15) is 53.9 Å². The van der Waals surface area contributed by atoms with Gasteiger partial charge in [0.15, 0.2) is 0 Å². The summed E-state index contributed by atoms with van der Waals surface area (Å²) < 4.78 is 5.45. The molecule has 1 saturated heterocycles. The van der Waals surface area contributed by atoms with E-state index >= 15 is 0 Å². The van der Waals surface area contributed by atoms with Crippen molar-refractivity contribution in [2.45, 2.75) is 71.6 Å². The van der Waals surface area contributed by atoms with Crippen LogP contribution in [0.25, 0.3) is 0 Å². The minimum absolute atomic E-state index is 0.172. The van der Waals surface area contributed by atoms with Crippen LogP contribution in [0.2, 0.25) is 0 Å². The molecule has 1 aliphatic heterocycles. The lowest BCUT2D eigenvalue weighted by atomic mass is 10.1. The van der Waals surface area contributed by atoms with E-state index in [1.54, 1.807) is 0 Å². The second-order valence-electron chi connectivity index (χ2n) is 7.68. The van der Waals surface area contributed by atoms with Crippen molar-refractivity contribution in [3.05, 3.63) is 0 Å². The quantitative estimate of drug-likeness (QED) is 0.837. The van der Waals surface area contributed by atoms with Gasteiger partial charge in [-0.25, -0.2) is 4.79 Å². The van der Waals surface area contributed by atoms with Crippen molar-refractivity contribution >= 4 is 6.09 Å². The summed E-state index contributed by atoms with van der Waals surface area (Å²) in [6.07, 6.45) is 3.29. The molecule has 0 spiro atoms. The molecular formula is C15H28N2O2. The summed E-state index contributed by atoms with van der Waals surface area (Å²) in [5.41, 5.74) is 0.0319. The molecule has 4 nitrogen and oxygen atoms in total. The lowest BCUT2D eigenvalue weighted by Gasteiger charge is -2.34. The SMILES string of the molecule is CC(C)(C)OC(=O)N1CCCC(NC2CC2(C)C)C1. The van der Waals surface area contributed by atoms with Crippen LogP contribution in [0.5, 0.6) is 0 Å². The number of likely N-dealkylation sites (tertiary alicyclic amines) is 1. The van der Waals surface area contributed by atoms with E-state index in [0.29, 0.717) is 17.5 Å². The molecule has 2 fully saturated rings. The molecule has 0 aromatic carbocycles. The molecule has 2 rings (SSSR count). The van der Waals surface area contributed by atoms with Crippen molar-refractivity contribution in [3.8, 4) is 0 Å². The van der Waals surface area contributed by atoms with Crippen LogP contribution in [0.15, 0.2) is 0 Å². The second-order valence-corrected chi connectivity index (χ2v) is 7.68. The number of nitrogens with zero attached hydrogens (tertiary/aromatic N) is 1. The predicted octanol–water partition coefficient (Wildman–Crippen LogP) is 2.77. The summed E-state index contributed by atoms with van der Waals surface area (Å²) in [5, 5.41) is 3.68. The van der Waals surface area contributed by atoms with Crippen LogP contribution in [0.3, 0.4) is 0 Å². The number of ether oxygens (including phenoxy) is 1. The number of amides is 1. The van der Waals surface area contributed by atoms with Gasteiger partial charge in [-0.3, -0.25) is 0 Å². The smallest absolute Gasteiger partial charge is 0.410 e. The number of carbonyl (C=O) groups excluding carboxylic acids is 1. The molecule has 2 unspecified atom stereocenters. The summed E-state index contributed by atoms with van der Waals surface area (Å²) in [5.74, 6) is 0. The first-order valence-corrected chi connectivity index (χ1v) is 7.41. The van der Waals surface area contributed by atoms with Gasteiger partial charge in [-0.1, -0.05) is 13.8 Å². The summed E-state index contributed by atoms with van der Waals surface area (Å²) in [6, 6.07) is 1.05. The Bertz CT molecular complexity index is 347. The number of hydrogen-bond donors (Lipinski definition) is 1. The third-order valence-electron chi connectivity index (χ3n) is 4.02. The van der Waals surface area contributed by atoms with Crippen LogP contribution >= 0.6 is 0 Å². The number of piperidine rings is 1. The van der Waals surface area contributed by atoms with E-state index in [1.165, 1.54) is 6.42 Å². The number of carbonyl (C=O) groups is 1. The van der Waals surface area contributed by atoms with Crippen molar-refractivity contribution in [3.63, 3.8) is 0 Å². The molecule has 0 radical (unpaired) electrons. The molecular weight excluding hydrogens is 240 g/mol. The van der Waals surface area contributed by atoms with Crippen LogP contribution in [-0.4, -0.2) is 41.8 Å². The maximum absolute atomic E-state index is 12.1. The third kappa shape index (κ3) is 4.10. The van der Waals surface area contributed by atoms with E-state index in [-0.39, 0.29) is 6.09 Å². The fraction of sp³-hybridized carbons (Fsp3) is 0.933. The molecule has 1 saturated carbocycles. The van der Waals surface area contributed by atoms with Gasteiger partial charge in [0, 0.05) is 25.2 Å². The molecule has 1 aliphatic carbocycles. The van der Waals surface area contributed by atoms with Crippen molar-refractivity contribution in [2.75, 3.05) is 13.1 Å². The molecule has 0 aromatic heterocycles. The fourth-order valence-corrected chi connectivity index (χ4v) is 2.64. The van der Waals surface area contributed by atoms with E-state index in [4.69, 9.17) is 4.74 Å². The molecule has 2 atom stereocenters. The summed E-state index contributed by atoms with van der Waals surface area (Å²) in [6.45, 7) is 11.9. The van der Waals surface area contributed by atoms with E-state index < -0.39 is 5.60 Å². The zero-order valence-corrected chi connectivity index (χ0v) is 13.0. The second kappa shape index (κ2) is 4.97. The van der Waals surface area contributed by atoms with Gasteiger partial charge in [-0.15, -0.1) is 0 Å². The molecule has 4 heteroatoms. The van der Waals surface area contributed by atoms with Gasteiger partial charge in [-0.2, -0.15) is 0 Å². The molecule has 1 N–H and O–H groups in total. The van der Waals surface area contributed by atoms with E-state index in [0.717, 1.165) is 25.9 Å². The normalized spacial score (nSPS) is 30.1. The average Bonchev–Trinajstić information content (AvgIpc) is 2.84. The zero-order valence-electron chi connectivity index (χ0n) is 13.0. The zero-order chi connectivity index (χ0) is 14.3. The Morgan fingerprint density at radius 3 is 2.53 bits per heavy atom. The highest BCUT2D eigenvalue weighted by Gasteiger charge is 2.46. The summed E-state index contributed by atoms with van der Waals surface area (Å²) >= 11 is 0. The monoisotopic (exact) mass is 268 g/mol. The minimum Gasteiger partial charge on any atom is -0.444 e. The molecule has 19 heavy (non-hydrogen) atoms. The van der Waals surface area contributed by atoms with E-state index in [9.17, 15) is 4.79 Å². The first-order valence-electron chi connectivity index (χ1n) is 7.41. The van der Waals surface area contributed by atoms with Crippen molar-refractivity contribution in [1.29, 1.82) is 0 Å². The maximum atomic E-state index is 12.1. The van der Waals surface area contributed by atoms with E-state index in [2.05, 4.69) is 19.2 Å². The van der Waals surface area contributed by atoms with Crippen LogP contribution in [0.4, 0.5) is 4.79 Å². The van der Waals surface area contributed by atoms with Crippen molar-refractivity contribution in [2.24, 2.45) is 5.41 Å². The number of rotatable bonds is 2. The first kappa shape index (κ1) is 14.6. The predicted molar refractivity (Wildman–Crippen MR) is 76.2 cm³/mol. The van der Waals surface area contributed by atoms with Gasteiger partial charge < -0.3 is 15.0 Å². The van der Waals surface area contributed by atoms with Gasteiger partial charge in [0.25, 0.3) is 0 Å². The van der Waals surface area contributed by atoms with Gasteiger partial charge in [0.05, 0.1) is 0 Å². The van der Waals surface area contributed by atoms with Gasteiger partial charge in [0.2, 0.25) is 0 Å². The van der Waals surface area contributed by atoms with Crippen LogP contribution in [-0.2, 0) is 4.74 Å². The molecule has 2 aliphatic rings. The largest absolute Gasteiger partial charge is 0.444 e. The Hall–Kier alpha value is -0.770. The lowest BCUT2D eigenvalue weighted by molar-refractivity contribution is 0.0186. The highest BCUT2D eigenvalue weighted by Crippen LogP contribution is 2.45. The topological polar surface area (TPSA) is 41.6 Å². The molecule has 1 amide bonds. The number of nitrogens with one attached hydrogen (secondary N) is 1. The first-order chi connectivity index (χ1) is 8.67. The highest BCUT2D eigenvalue weighted by atomic mass is 16.6. The number of hydrogen-bond acceptors (Lipinski definition) is 3. The van der Waals surface area contributed by atoms with Crippen molar-refractivity contribution < 1.29 is 9.53 Å². The Morgan fingerprint density at radius 2 is 2.00 bits per heavy atom. The average molecular weight is 268 g/mol. The Labute approximate surface area is 116 Å². The van der Waals surface area contributed by atoms with Gasteiger partial charge in [-0.05, 0) is 45.4 Å². The Balaban J connectivity index is 1.82. The van der Waals surface area contributed by atoms with Gasteiger partial charge in [0.1, 0.15) is 5.60 Å². The Kier molecular flexibility index (Phi) is 3.83. The molecule has 0 aromatic rings. The van der Waals surface area contributed by atoms with E-state index in [1.807, 2.05) is 25.7 Å². The molecule has 0 bridgehead atoms. The highest BCUT2D eigenvalue weighted by molar-refractivity contribution is 5.68. The summed E-state index contributed by atoms with van der Waals surface area (Å²) in [7, 11) is 0. The van der Waals surface area contributed by atoms with Crippen molar-refractivity contribution in [1.82, 2.24) is 10.2 Å². The summed E-state index contributed by atoms with van der Waals surface area (Å²) in [4.78, 5) is 13.9. The van der Waals surface area contributed by atoms with Gasteiger partial charge >= 0.3 is 6.09 Å². The van der Waals surface area contributed by atoms with Crippen LogP contribution in [0, 0.1) is 5.41 Å². The standard InChI is InChI=1S/C15H28N2O2/c1-14(2,3)19-13(18)17-8-6-7-11(10-17)16-12-9-15(12,4)5/h11-12,16H,6-10H2,1-5H3. The maximum Gasteiger partial charge on any atom is 0.410 e. The lowest BCUT2D eigenvalue weighted by Crippen LogP contribution is -2.50.